The average molecular weight is 428 g/mol. The summed E-state index contributed by atoms with van der Waals surface area (Å²) in [6, 6.07) is 8.60. The van der Waals surface area contributed by atoms with E-state index in [1.165, 1.54) is 38.9 Å². The van der Waals surface area contributed by atoms with Crippen LogP contribution in [-0.4, -0.2) is 43.3 Å². The van der Waals surface area contributed by atoms with Crippen LogP contribution in [0.5, 0.6) is 17.2 Å². The van der Waals surface area contributed by atoms with E-state index in [0.717, 1.165) is 0 Å². The molecule has 0 fully saturated rings. The van der Waals surface area contributed by atoms with Gasteiger partial charge in [-0.1, -0.05) is 0 Å². The van der Waals surface area contributed by atoms with Crippen molar-refractivity contribution in [3.63, 3.8) is 0 Å². The Hall–Kier alpha value is -3.59. The minimum Gasteiger partial charge on any atom is -0.493 e. The maximum Gasteiger partial charge on any atom is 0.308 e. The Bertz CT molecular complexity index is 1080. The number of methoxy groups -OCH3 is 3. The molecule has 2 N–H and O–H groups in total. The Morgan fingerprint density at radius 3 is 2.47 bits per heavy atom. The zero-order valence-corrected chi connectivity index (χ0v) is 17.4. The Morgan fingerprint density at radius 2 is 1.80 bits per heavy atom. The summed E-state index contributed by atoms with van der Waals surface area (Å²) in [5.74, 6) is 0.155. The normalized spacial score (nSPS) is 10.4. The number of nitrogens with zero attached hydrogens (tertiary/aromatic N) is 1. The molecule has 0 aliphatic rings. The standard InChI is InChI=1S/C21H20N2O6S/c1-27-16-6-5-15(19(28-2)20(16)29-3)12-8-13(11-22-10-12)21(26)23-17-7-4-14(30-17)9-18(24)25/h4-8,10-11H,9H2,1-3H3,(H,23,26)(H,24,25). The first-order valence-corrected chi connectivity index (χ1v) is 9.64. The summed E-state index contributed by atoms with van der Waals surface area (Å²) in [5.41, 5.74) is 1.70. The highest BCUT2D eigenvalue weighted by Gasteiger charge is 2.18. The molecule has 9 heteroatoms. The molecular formula is C21H20N2O6S. The first-order valence-electron chi connectivity index (χ1n) is 8.83. The van der Waals surface area contributed by atoms with Gasteiger partial charge in [0.2, 0.25) is 5.75 Å². The van der Waals surface area contributed by atoms with E-state index in [4.69, 9.17) is 19.3 Å². The Kier molecular flexibility index (Phi) is 6.53. The second-order valence-corrected chi connectivity index (χ2v) is 7.30. The van der Waals surface area contributed by atoms with Gasteiger partial charge in [0, 0.05) is 28.4 Å². The number of pyridine rings is 1. The van der Waals surface area contributed by atoms with E-state index in [1.807, 2.05) is 0 Å². The molecule has 2 heterocycles. The number of nitrogens with one attached hydrogen (secondary N) is 1. The number of aliphatic carboxylic acids is 1. The number of thiophene rings is 1. The third-order valence-electron chi connectivity index (χ3n) is 4.24. The fourth-order valence-electron chi connectivity index (χ4n) is 2.91. The van der Waals surface area contributed by atoms with E-state index < -0.39 is 5.97 Å². The van der Waals surface area contributed by atoms with E-state index in [0.29, 0.717) is 43.8 Å². The third kappa shape index (κ3) is 4.52. The summed E-state index contributed by atoms with van der Waals surface area (Å²) >= 11 is 1.22. The van der Waals surface area contributed by atoms with Gasteiger partial charge in [0.05, 0.1) is 38.3 Å². The van der Waals surface area contributed by atoms with Crippen LogP contribution in [0.4, 0.5) is 5.00 Å². The SMILES string of the molecule is COc1ccc(-c2cncc(C(=O)Nc3ccc(CC(=O)O)s3)c2)c(OC)c1OC. The first kappa shape index (κ1) is 21.1. The Labute approximate surface area is 177 Å². The number of carboxylic acid groups (broad SMARTS) is 1. The van der Waals surface area contributed by atoms with Crippen LogP contribution in [0.3, 0.4) is 0 Å². The molecule has 1 amide bonds. The van der Waals surface area contributed by atoms with Crippen molar-refractivity contribution < 1.29 is 28.9 Å². The maximum absolute atomic E-state index is 12.7. The second-order valence-electron chi connectivity index (χ2n) is 6.13. The summed E-state index contributed by atoms with van der Waals surface area (Å²) in [6.07, 6.45) is 2.99. The maximum atomic E-state index is 12.7. The quantitative estimate of drug-likeness (QED) is 0.563. The van der Waals surface area contributed by atoms with Gasteiger partial charge >= 0.3 is 5.97 Å². The van der Waals surface area contributed by atoms with Gasteiger partial charge in [0.15, 0.2) is 11.5 Å². The number of carbonyl (C=O) groups excluding carboxylic acids is 1. The molecule has 0 bridgehead atoms. The van der Waals surface area contributed by atoms with Gasteiger partial charge in [-0.25, -0.2) is 0 Å². The van der Waals surface area contributed by atoms with Crippen molar-refractivity contribution in [2.45, 2.75) is 6.42 Å². The molecule has 0 atom stereocenters. The molecule has 0 radical (unpaired) electrons. The number of carbonyl (C=O) groups is 2. The van der Waals surface area contributed by atoms with E-state index >= 15 is 0 Å². The van der Waals surface area contributed by atoms with E-state index in [9.17, 15) is 9.59 Å². The topological polar surface area (TPSA) is 107 Å². The smallest absolute Gasteiger partial charge is 0.308 e. The monoisotopic (exact) mass is 428 g/mol. The lowest BCUT2D eigenvalue weighted by molar-refractivity contribution is -0.136. The van der Waals surface area contributed by atoms with Gasteiger partial charge in [-0.05, 0) is 30.3 Å². The molecule has 0 saturated carbocycles. The van der Waals surface area contributed by atoms with Crippen LogP contribution in [0.2, 0.25) is 0 Å². The zero-order valence-electron chi connectivity index (χ0n) is 16.6. The number of aromatic nitrogens is 1. The van der Waals surface area contributed by atoms with E-state index in [1.54, 1.807) is 36.5 Å². The molecule has 156 valence electrons. The molecule has 0 aliphatic heterocycles. The average Bonchev–Trinajstić information content (AvgIpc) is 3.18. The molecule has 0 spiro atoms. The first-order chi connectivity index (χ1) is 14.5. The van der Waals surface area contributed by atoms with Crippen LogP contribution in [0.15, 0.2) is 42.7 Å². The predicted molar refractivity (Wildman–Crippen MR) is 113 cm³/mol. The van der Waals surface area contributed by atoms with Crippen molar-refractivity contribution in [1.82, 2.24) is 4.98 Å². The molecular weight excluding hydrogens is 408 g/mol. The van der Waals surface area contributed by atoms with Gasteiger partial charge in [0.1, 0.15) is 0 Å². The number of hydrogen-bond acceptors (Lipinski definition) is 7. The molecule has 1 aromatic carbocycles. The minimum atomic E-state index is -0.921. The second kappa shape index (κ2) is 9.27. The zero-order chi connectivity index (χ0) is 21.7. The third-order valence-corrected chi connectivity index (χ3v) is 5.24. The van der Waals surface area contributed by atoms with Gasteiger partial charge < -0.3 is 24.6 Å². The molecule has 0 aliphatic carbocycles. The van der Waals surface area contributed by atoms with E-state index in [-0.39, 0.29) is 12.3 Å². The highest BCUT2D eigenvalue weighted by molar-refractivity contribution is 7.16. The fraction of sp³-hybridized carbons (Fsp3) is 0.190. The highest BCUT2D eigenvalue weighted by atomic mass is 32.1. The predicted octanol–water partition coefficient (Wildman–Crippen LogP) is 3.72. The molecule has 0 saturated heterocycles. The fourth-order valence-corrected chi connectivity index (χ4v) is 3.81. The van der Waals surface area contributed by atoms with Crippen LogP contribution in [0.25, 0.3) is 11.1 Å². The number of hydrogen-bond donors (Lipinski definition) is 2. The largest absolute Gasteiger partial charge is 0.493 e. The Morgan fingerprint density at radius 1 is 1.03 bits per heavy atom. The van der Waals surface area contributed by atoms with Gasteiger partial charge in [-0.3, -0.25) is 14.6 Å². The summed E-state index contributed by atoms with van der Waals surface area (Å²) in [6.45, 7) is 0. The van der Waals surface area contributed by atoms with Gasteiger partial charge in [-0.15, -0.1) is 11.3 Å². The minimum absolute atomic E-state index is 0.0866. The molecule has 3 rings (SSSR count). The van der Waals surface area contributed by atoms with Crippen LogP contribution in [-0.2, 0) is 11.2 Å². The molecule has 0 unspecified atom stereocenters. The number of rotatable bonds is 8. The number of ether oxygens (including phenoxy) is 3. The van der Waals surface area contributed by atoms with Crippen molar-refractivity contribution in [2.75, 3.05) is 26.6 Å². The van der Waals surface area contributed by atoms with Crippen molar-refractivity contribution in [3.05, 3.63) is 53.2 Å². The molecule has 8 nitrogen and oxygen atoms in total. The van der Waals surface area contributed by atoms with E-state index in [2.05, 4.69) is 10.3 Å². The molecule has 30 heavy (non-hydrogen) atoms. The van der Waals surface area contributed by atoms with Crippen LogP contribution < -0.4 is 19.5 Å². The van der Waals surface area contributed by atoms with Crippen molar-refractivity contribution in [1.29, 1.82) is 0 Å². The lowest BCUT2D eigenvalue weighted by Gasteiger charge is -2.16. The number of benzene rings is 1. The lowest BCUT2D eigenvalue weighted by Crippen LogP contribution is -2.11. The van der Waals surface area contributed by atoms with Crippen LogP contribution >= 0.6 is 11.3 Å². The lowest BCUT2D eigenvalue weighted by atomic mass is 10.0. The number of anilines is 1. The Balaban J connectivity index is 1.88. The van der Waals surface area contributed by atoms with Crippen LogP contribution in [0, 0.1) is 0 Å². The molecule has 3 aromatic rings. The van der Waals surface area contributed by atoms with Gasteiger partial charge in [0.25, 0.3) is 5.91 Å². The highest BCUT2D eigenvalue weighted by Crippen LogP contribution is 2.44. The molecule has 2 aromatic heterocycles. The van der Waals surface area contributed by atoms with Crippen LogP contribution in [0.1, 0.15) is 15.2 Å². The van der Waals surface area contributed by atoms with Gasteiger partial charge in [-0.2, -0.15) is 0 Å². The summed E-state index contributed by atoms with van der Waals surface area (Å²) < 4.78 is 16.2. The summed E-state index contributed by atoms with van der Waals surface area (Å²) in [4.78, 5) is 28.3. The summed E-state index contributed by atoms with van der Waals surface area (Å²) in [7, 11) is 4.58. The summed E-state index contributed by atoms with van der Waals surface area (Å²) in [5, 5.41) is 12.2. The number of amides is 1. The number of carboxylic acids is 1. The van der Waals surface area contributed by atoms with Crippen molar-refractivity contribution in [2.24, 2.45) is 0 Å². The van der Waals surface area contributed by atoms with Crippen molar-refractivity contribution >= 4 is 28.2 Å². The van der Waals surface area contributed by atoms with Crippen molar-refractivity contribution in [3.8, 4) is 28.4 Å².